The average molecular weight is 214 g/mol. The van der Waals surface area contributed by atoms with Crippen molar-refractivity contribution in [1.82, 2.24) is 0 Å². The quantitative estimate of drug-likeness (QED) is 0.531. The van der Waals surface area contributed by atoms with Crippen LogP contribution in [-0.2, 0) is 0 Å². The van der Waals surface area contributed by atoms with Crippen LogP contribution in [0.4, 0.5) is 0 Å². The molecule has 1 N–H and O–H groups in total. The van der Waals surface area contributed by atoms with Gasteiger partial charge in [-0.3, -0.25) is 0 Å². The van der Waals surface area contributed by atoms with Crippen LogP contribution in [0.15, 0.2) is 37.0 Å². The second-order valence-corrected chi connectivity index (χ2v) is 1.83. The smallest absolute Gasteiger partial charge is 0.0678 e. The molecule has 0 spiro atoms. The predicted molar refractivity (Wildman–Crippen MR) is 74.2 cm³/mol. The maximum Gasteiger partial charge on any atom is 0.0678 e. The van der Waals surface area contributed by atoms with Gasteiger partial charge in [-0.25, -0.2) is 0 Å². The van der Waals surface area contributed by atoms with E-state index in [1.807, 2.05) is 52.8 Å². The number of aliphatic hydroxyl groups excluding tert-OH is 1. The van der Waals surface area contributed by atoms with Crippen LogP contribution in [0.5, 0.6) is 0 Å². The Morgan fingerprint density at radius 1 is 1.13 bits per heavy atom. The predicted octanol–water partition coefficient (Wildman–Crippen LogP) is 4.75. The van der Waals surface area contributed by atoms with Crippen molar-refractivity contribution in [2.45, 2.75) is 48.0 Å². The van der Waals surface area contributed by atoms with Gasteiger partial charge in [0.25, 0.3) is 0 Å². The largest absolute Gasteiger partial charge is 0.392 e. The lowest BCUT2D eigenvalue weighted by molar-refractivity contribution is 0.335. The van der Waals surface area contributed by atoms with E-state index in [-0.39, 0.29) is 6.61 Å². The van der Waals surface area contributed by atoms with Crippen LogP contribution in [0, 0.1) is 0 Å². The van der Waals surface area contributed by atoms with Gasteiger partial charge in [0.1, 0.15) is 0 Å². The van der Waals surface area contributed by atoms with E-state index < -0.39 is 0 Å². The van der Waals surface area contributed by atoms with Crippen molar-refractivity contribution in [2.24, 2.45) is 0 Å². The molecule has 0 aliphatic heterocycles. The summed E-state index contributed by atoms with van der Waals surface area (Å²) in [6, 6.07) is 0. The highest BCUT2D eigenvalue weighted by molar-refractivity contribution is 5.17. The van der Waals surface area contributed by atoms with Crippen molar-refractivity contribution in [3.8, 4) is 0 Å². The number of hydrogen-bond donors (Lipinski definition) is 1. The van der Waals surface area contributed by atoms with Crippen LogP contribution in [0.1, 0.15) is 48.0 Å². The lowest BCUT2D eigenvalue weighted by Gasteiger charge is -1.90. The highest BCUT2D eigenvalue weighted by atomic mass is 16.3. The Morgan fingerprint density at radius 2 is 1.53 bits per heavy atom. The summed E-state index contributed by atoms with van der Waals surface area (Å²) in [7, 11) is 0. The minimum atomic E-state index is 0.146. The Morgan fingerprint density at radius 3 is 1.73 bits per heavy atom. The molecule has 92 valence electrons. The van der Waals surface area contributed by atoms with Gasteiger partial charge in [0, 0.05) is 0 Å². The summed E-state index contributed by atoms with van der Waals surface area (Å²) in [6.45, 7) is 18.1. The standard InChI is InChI=1S/C8H14O.2C2H6.C2H4/c1-3-5-6-8(4-2)7-9;3*1-2/h4-6,9H,3,7H2,1-2H3;2*1-2H3;1-2H2/b6-5-,8-4+;;;. The van der Waals surface area contributed by atoms with E-state index >= 15 is 0 Å². The monoisotopic (exact) mass is 214 g/mol. The first-order chi connectivity index (χ1) is 7.35. The van der Waals surface area contributed by atoms with Crippen LogP contribution >= 0.6 is 0 Å². The number of hydrogen-bond acceptors (Lipinski definition) is 1. The van der Waals surface area contributed by atoms with E-state index in [4.69, 9.17) is 5.11 Å². The normalized spacial score (nSPS) is 8.87. The molecule has 0 aromatic carbocycles. The fourth-order valence-electron chi connectivity index (χ4n) is 0.509. The molecule has 1 heteroatoms. The van der Waals surface area contributed by atoms with Gasteiger partial charge < -0.3 is 5.11 Å². The molecule has 0 saturated heterocycles. The zero-order chi connectivity index (χ0) is 13.1. The zero-order valence-corrected chi connectivity index (χ0v) is 11.5. The number of aliphatic hydroxyl groups is 1. The van der Waals surface area contributed by atoms with Gasteiger partial charge in [0.15, 0.2) is 0 Å². The first-order valence-corrected chi connectivity index (χ1v) is 5.77. The van der Waals surface area contributed by atoms with Gasteiger partial charge in [0.05, 0.1) is 6.61 Å². The maximum atomic E-state index is 8.63. The molecular formula is C14H30O. The summed E-state index contributed by atoms with van der Waals surface area (Å²) in [5.74, 6) is 0. The van der Waals surface area contributed by atoms with Gasteiger partial charge in [-0.05, 0) is 18.9 Å². The molecular weight excluding hydrogens is 184 g/mol. The second-order valence-electron chi connectivity index (χ2n) is 1.83. The highest BCUT2D eigenvalue weighted by Gasteiger charge is 1.82. The Labute approximate surface area is 97.2 Å². The van der Waals surface area contributed by atoms with Crippen molar-refractivity contribution >= 4 is 0 Å². The van der Waals surface area contributed by atoms with Gasteiger partial charge in [-0.15, -0.1) is 13.2 Å². The molecule has 0 aromatic rings. The summed E-state index contributed by atoms with van der Waals surface area (Å²) in [5.41, 5.74) is 0.983. The molecule has 0 aromatic heterocycles. The van der Waals surface area contributed by atoms with Gasteiger partial charge >= 0.3 is 0 Å². The third-order valence-electron chi connectivity index (χ3n) is 1.12. The summed E-state index contributed by atoms with van der Waals surface area (Å²) in [4.78, 5) is 0. The first kappa shape index (κ1) is 23.8. The Kier molecular flexibility index (Phi) is 60.1. The minimum Gasteiger partial charge on any atom is -0.392 e. The van der Waals surface area contributed by atoms with Gasteiger partial charge in [-0.2, -0.15) is 0 Å². The zero-order valence-electron chi connectivity index (χ0n) is 11.5. The molecule has 0 unspecified atom stereocenters. The fraction of sp³-hybridized carbons (Fsp3) is 0.571. The van der Waals surface area contributed by atoms with Gasteiger partial charge in [-0.1, -0.05) is 52.8 Å². The number of rotatable bonds is 3. The topological polar surface area (TPSA) is 20.2 Å². The minimum absolute atomic E-state index is 0.146. The summed E-state index contributed by atoms with van der Waals surface area (Å²) in [5, 5.41) is 8.63. The third kappa shape index (κ3) is 32.0. The molecule has 15 heavy (non-hydrogen) atoms. The van der Waals surface area contributed by atoms with E-state index in [1.165, 1.54) is 0 Å². The van der Waals surface area contributed by atoms with Crippen LogP contribution in [0.25, 0.3) is 0 Å². The molecule has 0 saturated carbocycles. The Balaban J connectivity index is -0.0000000860. The lowest BCUT2D eigenvalue weighted by Crippen LogP contribution is -1.83. The van der Waals surface area contributed by atoms with Crippen molar-refractivity contribution in [3.63, 3.8) is 0 Å². The molecule has 1 nitrogen and oxygen atoms in total. The maximum absolute atomic E-state index is 8.63. The molecule has 0 aliphatic rings. The van der Waals surface area contributed by atoms with Crippen LogP contribution in [0.2, 0.25) is 0 Å². The molecule has 0 amide bonds. The van der Waals surface area contributed by atoms with Crippen LogP contribution < -0.4 is 0 Å². The summed E-state index contributed by atoms with van der Waals surface area (Å²) < 4.78 is 0. The van der Waals surface area contributed by atoms with Gasteiger partial charge in [0.2, 0.25) is 0 Å². The second kappa shape index (κ2) is 37.9. The van der Waals surface area contributed by atoms with E-state index in [9.17, 15) is 0 Å². The molecule has 0 rings (SSSR count). The molecule has 0 aliphatic carbocycles. The average Bonchev–Trinajstić information content (AvgIpc) is 2.38. The fourth-order valence-corrected chi connectivity index (χ4v) is 0.509. The summed E-state index contributed by atoms with van der Waals surface area (Å²) >= 11 is 0. The Hall–Kier alpha value is -0.820. The van der Waals surface area contributed by atoms with Crippen molar-refractivity contribution in [3.05, 3.63) is 37.0 Å². The van der Waals surface area contributed by atoms with Crippen molar-refractivity contribution in [1.29, 1.82) is 0 Å². The number of allylic oxidation sites excluding steroid dienone is 2. The van der Waals surface area contributed by atoms with Crippen LogP contribution in [-0.4, -0.2) is 11.7 Å². The van der Waals surface area contributed by atoms with E-state index in [0.717, 1.165) is 12.0 Å². The van der Waals surface area contributed by atoms with E-state index in [1.54, 1.807) is 0 Å². The summed E-state index contributed by atoms with van der Waals surface area (Å²) in [6.07, 6.45) is 6.91. The van der Waals surface area contributed by atoms with E-state index in [0.29, 0.717) is 0 Å². The highest BCUT2D eigenvalue weighted by Crippen LogP contribution is 1.94. The van der Waals surface area contributed by atoms with Crippen LogP contribution in [0.3, 0.4) is 0 Å². The molecule has 0 heterocycles. The van der Waals surface area contributed by atoms with Crippen molar-refractivity contribution in [2.75, 3.05) is 6.61 Å². The molecule has 0 atom stereocenters. The first-order valence-electron chi connectivity index (χ1n) is 5.77. The van der Waals surface area contributed by atoms with Crippen molar-refractivity contribution < 1.29 is 5.11 Å². The third-order valence-corrected chi connectivity index (χ3v) is 1.12. The molecule has 0 fully saturated rings. The molecule has 0 radical (unpaired) electrons. The SMILES string of the molecule is C/C=C(\C=C/CC)CO.C=C.CC.CC. The lowest BCUT2D eigenvalue weighted by atomic mass is 10.2. The Bertz CT molecular complexity index is 123. The van der Waals surface area contributed by atoms with E-state index in [2.05, 4.69) is 20.1 Å². The molecule has 0 bridgehead atoms.